The quantitative estimate of drug-likeness (QED) is 0.511. The highest BCUT2D eigenvalue weighted by Crippen LogP contribution is 2.27. The molecule has 3 aromatic rings. The number of para-hydroxylation sites is 2. The Balaban J connectivity index is 1.44. The summed E-state index contributed by atoms with van der Waals surface area (Å²) in [6.07, 6.45) is 0. The summed E-state index contributed by atoms with van der Waals surface area (Å²) in [5, 5.41) is 7.49. The Labute approximate surface area is 176 Å². The van der Waals surface area contributed by atoms with Gasteiger partial charge in [0.2, 0.25) is 0 Å². The third-order valence-corrected chi connectivity index (χ3v) is 4.84. The summed E-state index contributed by atoms with van der Waals surface area (Å²) in [6, 6.07) is 13.0. The van der Waals surface area contributed by atoms with Gasteiger partial charge in [0.15, 0.2) is 11.5 Å². The van der Waals surface area contributed by atoms with Gasteiger partial charge in [-0.3, -0.25) is 9.59 Å². The lowest BCUT2D eigenvalue weighted by atomic mass is 10.2. The second kappa shape index (κ2) is 10.4. The Bertz CT molecular complexity index is 1020. The van der Waals surface area contributed by atoms with Crippen molar-refractivity contribution in [3.05, 3.63) is 76.0 Å². The summed E-state index contributed by atoms with van der Waals surface area (Å²) in [4.78, 5) is 28.4. The van der Waals surface area contributed by atoms with Crippen LogP contribution in [0.25, 0.3) is 0 Å². The molecule has 2 aromatic carbocycles. The van der Waals surface area contributed by atoms with Crippen molar-refractivity contribution in [3.63, 3.8) is 0 Å². The van der Waals surface area contributed by atoms with Crippen LogP contribution in [0.15, 0.2) is 53.9 Å². The fraction of sp³-hybridized carbons (Fsp3) is 0.190. The van der Waals surface area contributed by atoms with E-state index in [4.69, 9.17) is 9.47 Å². The maximum atomic E-state index is 13.6. The monoisotopic (exact) mass is 429 g/mol. The van der Waals surface area contributed by atoms with Gasteiger partial charge in [-0.1, -0.05) is 24.3 Å². The lowest BCUT2D eigenvalue weighted by Crippen LogP contribution is -2.35. The van der Waals surface area contributed by atoms with E-state index < -0.39 is 11.7 Å². The van der Waals surface area contributed by atoms with Crippen molar-refractivity contribution in [1.29, 1.82) is 0 Å². The van der Waals surface area contributed by atoms with Gasteiger partial charge in [0.1, 0.15) is 23.1 Å². The number of thiazole rings is 1. The van der Waals surface area contributed by atoms with Crippen LogP contribution in [-0.2, 0) is 6.61 Å². The number of aromatic nitrogens is 1. The van der Waals surface area contributed by atoms with Gasteiger partial charge in [-0.05, 0) is 24.3 Å². The minimum absolute atomic E-state index is 0.0389. The number of methoxy groups -OCH3 is 1. The molecule has 0 aliphatic rings. The van der Waals surface area contributed by atoms with Crippen LogP contribution in [-0.4, -0.2) is 37.0 Å². The minimum Gasteiger partial charge on any atom is -0.493 e. The summed E-state index contributed by atoms with van der Waals surface area (Å²) in [7, 11) is 1.56. The predicted molar refractivity (Wildman–Crippen MR) is 111 cm³/mol. The molecule has 3 rings (SSSR count). The average Bonchev–Trinajstić information content (AvgIpc) is 3.24. The number of halogens is 1. The smallest absolute Gasteiger partial charge is 0.270 e. The molecule has 7 nitrogen and oxygen atoms in total. The maximum absolute atomic E-state index is 13.6. The van der Waals surface area contributed by atoms with E-state index in [0.29, 0.717) is 16.5 Å². The molecule has 0 radical (unpaired) electrons. The molecule has 0 bridgehead atoms. The van der Waals surface area contributed by atoms with Crippen molar-refractivity contribution in [2.75, 3.05) is 20.2 Å². The number of nitrogens with zero attached hydrogens (tertiary/aromatic N) is 1. The van der Waals surface area contributed by atoms with Crippen molar-refractivity contribution in [3.8, 4) is 11.5 Å². The minimum atomic E-state index is -0.593. The Morgan fingerprint density at radius 3 is 2.40 bits per heavy atom. The number of hydrogen-bond acceptors (Lipinski definition) is 6. The van der Waals surface area contributed by atoms with Gasteiger partial charge >= 0.3 is 0 Å². The van der Waals surface area contributed by atoms with E-state index in [9.17, 15) is 14.0 Å². The molecule has 1 heterocycles. The number of benzene rings is 2. The highest BCUT2D eigenvalue weighted by molar-refractivity contribution is 7.09. The first-order valence-electron chi connectivity index (χ1n) is 9.09. The van der Waals surface area contributed by atoms with E-state index in [-0.39, 0.29) is 36.9 Å². The van der Waals surface area contributed by atoms with Gasteiger partial charge in [0.05, 0.1) is 12.7 Å². The van der Waals surface area contributed by atoms with Crippen molar-refractivity contribution in [2.45, 2.75) is 6.61 Å². The largest absolute Gasteiger partial charge is 0.493 e. The molecule has 0 fully saturated rings. The maximum Gasteiger partial charge on any atom is 0.270 e. The van der Waals surface area contributed by atoms with Gasteiger partial charge in [-0.2, -0.15) is 0 Å². The Morgan fingerprint density at radius 1 is 1.00 bits per heavy atom. The lowest BCUT2D eigenvalue weighted by molar-refractivity contribution is 0.0923. The zero-order valence-electron chi connectivity index (χ0n) is 16.2. The second-order valence-electron chi connectivity index (χ2n) is 6.06. The van der Waals surface area contributed by atoms with Crippen LogP contribution in [0.4, 0.5) is 4.39 Å². The molecule has 0 spiro atoms. The molecule has 0 saturated heterocycles. The van der Waals surface area contributed by atoms with E-state index in [1.165, 1.54) is 29.5 Å². The van der Waals surface area contributed by atoms with Gasteiger partial charge in [0.25, 0.3) is 11.8 Å². The van der Waals surface area contributed by atoms with Crippen LogP contribution in [0.1, 0.15) is 25.9 Å². The fourth-order valence-electron chi connectivity index (χ4n) is 2.54. The molecule has 0 atom stereocenters. The first-order chi connectivity index (χ1) is 14.6. The number of amides is 2. The molecule has 9 heteroatoms. The zero-order valence-corrected chi connectivity index (χ0v) is 17.0. The summed E-state index contributed by atoms with van der Waals surface area (Å²) in [5.41, 5.74) is 0.224. The van der Waals surface area contributed by atoms with Crippen LogP contribution in [0.2, 0.25) is 0 Å². The van der Waals surface area contributed by atoms with Crippen LogP contribution in [0, 0.1) is 5.82 Å². The van der Waals surface area contributed by atoms with E-state index in [2.05, 4.69) is 15.6 Å². The molecule has 0 saturated carbocycles. The molecular formula is C21H20FN3O4S. The van der Waals surface area contributed by atoms with E-state index in [0.717, 1.165) is 0 Å². The van der Waals surface area contributed by atoms with Crippen LogP contribution < -0.4 is 20.1 Å². The van der Waals surface area contributed by atoms with Gasteiger partial charge < -0.3 is 20.1 Å². The first kappa shape index (κ1) is 21.3. The molecule has 0 aliphatic carbocycles. The summed E-state index contributed by atoms with van der Waals surface area (Å²) < 4.78 is 24.5. The topological polar surface area (TPSA) is 89.6 Å². The Kier molecular flexibility index (Phi) is 7.34. The Morgan fingerprint density at radius 2 is 1.67 bits per heavy atom. The van der Waals surface area contributed by atoms with Crippen LogP contribution >= 0.6 is 11.3 Å². The molecule has 156 valence electrons. The normalized spacial score (nSPS) is 10.3. The van der Waals surface area contributed by atoms with Crippen LogP contribution in [0.3, 0.4) is 0 Å². The number of rotatable bonds is 9. The highest BCUT2D eigenvalue weighted by Gasteiger charge is 2.13. The first-order valence-corrected chi connectivity index (χ1v) is 9.97. The summed E-state index contributed by atoms with van der Waals surface area (Å²) in [6.45, 7) is 0.549. The van der Waals surface area contributed by atoms with Gasteiger partial charge in [-0.25, -0.2) is 9.37 Å². The molecule has 1 aromatic heterocycles. The standard InChI is InChI=1S/C21H20FN3O4S/c1-28-17-8-4-5-9-18(17)29-12-19-25-16(13-30-19)21(27)24-11-10-23-20(26)14-6-2-3-7-15(14)22/h2-9,13H,10-12H2,1H3,(H,23,26)(H,24,27). The van der Waals surface area contributed by atoms with Crippen molar-refractivity contribution >= 4 is 23.2 Å². The summed E-state index contributed by atoms with van der Waals surface area (Å²) >= 11 is 1.30. The zero-order chi connectivity index (χ0) is 21.3. The molecule has 0 aliphatic heterocycles. The second-order valence-corrected chi connectivity index (χ2v) is 7.00. The number of nitrogens with one attached hydrogen (secondary N) is 2. The number of ether oxygens (including phenoxy) is 2. The van der Waals surface area contributed by atoms with Crippen molar-refractivity contribution in [1.82, 2.24) is 15.6 Å². The molecule has 2 amide bonds. The van der Waals surface area contributed by atoms with E-state index in [1.54, 1.807) is 30.7 Å². The fourth-order valence-corrected chi connectivity index (χ4v) is 3.23. The molecule has 30 heavy (non-hydrogen) atoms. The molecular weight excluding hydrogens is 409 g/mol. The van der Waals surface area contributed by atoms with Crippen molar-refractivity contribution in [2.24, 2.45) is 0 Å². The number of carbonyl (C=O) groups excluding carboxylic acids is 2. The molecule has 2 N–H and O–H groups in total. The average molecular weight is 429 g/mol. The SMILES string of the molecule is COc1ccccc1OCc1nc(C(=O)NCCNC(=O)c2ccccc2F)cs1. The molecule has 0 unspecified atom stereocenters. The number of carbonyl (C=O) groups is 2. The van der Waals surface area contributed by atoms with E-state index in [1.807, 2.05) is 12.1 Å². The predicted octanol–water partition coefficient (Wildman–Crippen LogP) is 3.03. The summed E-state index contributed by atoms with van der Waals surface area (Å²) in [5.74, 6) is -0.289. The van der Waals surface area contributed by atoms with Crippen LogP contribution in [0.5, 0.6) is 11.5 Å². The highest BCUT2D eigenvalue weighted by atomic mass is 32.1. The third kappa shape index (κ3) is 5.54. The van der Waals surface area contributed by atoms with Gasteiger partial charge in [0, 0.05) is 18.5 Å². The van der Waals surface area contributed by atoms with Crippen molar-refractivity contribution < 1.29 is 23.5 Å². The Hall–Kier alpha value is -3.46. The van der Waals surface area contributed by atoms with E-state index >= 15 is 0 Å². The third-order valence-electron chi connectivity index (χ3n) is 4.02. The van der Waals surface area contributed by atoms with Gasteiger partial charge in [-0.15, -0.1) is 11.3 Å². The lowest BCUT2D eigenvalue weighted by Gasteiger charge is -2.08. The number of hydrogen-bond donors (Lipinski definition) is 2.